The predicted octanol–water partition coefficient (Wildman–Crippen LogP) is 2.81. The number of imidazole rings is 1. The number of methoxy groups -OCH3 is 1. The van der Waals surface area contributed by atoms with Crippen molar-refractivity contribution in [1.82, 2.24) is 9.55 Å². The van der Waals surface area contributed by atoms with Gasteiger partial charge in [0.2, 0.25) is 0 Å². The summed E-state index contributed by atoms with van der Waals surface area (Å²) in [7, 11) is 1.66. The summed E-state index contributed by atoms with van der Waals surface area (Å²) in [4.78, 5) is 4.46. The van der Waals surface area contributed by atoms with E-state index in [-0.39, 0.29) is 0 Å². The quantitative estimate of drug-likeness (QED) is 0.846. The van der Waals surface area contributed by atoms with Crippen LogP contribution in [0.4, 0.5) is 0 Å². The van der Waals surface area contributed by atoms with Gasteiger partial charge in [0.1, 0.15) is 18.1 Å². The van der Waals surface area contributed by atoms with Gasteiger partial charge in [-0.15, -0.1) is 0 Å². The molecule has 4 nitrogen and oxygen atoms in total. The smallest absolute Gasteiger partial charge is 0.132 e. The Balaban J connectivity index is 1.66. The lowest BCUT2D eigenvalue weighted by Gasteiger charge is -2.15. The lowest BCUT2D eigenvalue weighted by atomic mass is 10.1. The van der Waals surface area contributed by atoms with Gasteiger partial charge in [-0.3, -0.25) is 0 Å². The molecule has 4 heteroatoms. The first kappa shape index (κ1) is 12.1. The van der Waals surface area contributed by atoms with E-state index in [0.29, 0.717) is 6.61 Å². The zero-order chi connectivity index (χ0) is 13.1. The lowest BCUT2D eigenvalue weighted by molar-refractivity contribution is 0.298. The van der Waals surface area contributed by atoms with E-state index in [1.165, 1.54) is 18.5 Å². The van der Waals surface area contributed by atoms with Crippen LogP contribution in [0.25, 0.3) is 0 Å². The van der Waals surface area contributed by atoms with Crippen molar-refractivity contribution in [3.05, 3.63) is 42.0 Å². The third kappa shape index (κ3) is 2.57. The predicted molar refractivity (Wildman–Crippen MR) is 72.5 cm³/mol. The number of benzene rings is 1. The van der Waals surface area contributed by atoms with Gasteiger partial charge in [0.25, 0.3) is 0 Å². The fourth-order valence-corrected chi connectivity index (χ4v) is 2.45. The molecule has 0 atom stereocenters. The van der Waals surface area contributed by atoms with E-state index in [1.54, 1.807) is 7.11 Å². The molecule has 1 aliphatic heterocycles. The summed E-state index contributed by atoms with van der Waals surface area (Å²) >= 11 is 0. The summed E-state index contributed by atoms with van der Waals surface area (Å²) in [6.45, 7) is 1.62. The molecular weight excluding hydrogens is 240 g/mol. The van der Waals surface area contributed by atoms with Crippen LogP contribution in [-0.4, -0.2) is 16.7 Å². The Labute approximate surface area is 113 Å². The zero-order valence-electron chi connectivity index (χ0n) is 11.1. The molecule has 19 heavy (non-hydrogen) atoms. The molecule has 0 saturated carbocycles. The maximum atomic E-state index is 5.78. The number of hydrogen-bond donors (Lipinski definition) is 0. The van der Waals surface area contributed by atoms with Gasteiger partial charge < -0.3 is 14.0 Å². The van der Waals surface area contributed by atoms with Crippen molar-refractivity contribution in [2.75, 3.05) is 7.11 Å². The van der Waals surface area contributed by atoms with Gasteiger partial charge >= 0.3 is 0 Å². The SMILES string of the molecule is COc1ccc(OCc2ncn3c2CCCC3)cc1. The average molecular weight is 258 g/mol. The summed E-state index contributed by atoms with van der Waals surface area (Å²) in [5.41, 5.74) is 2.40. The number of aromatic nitrogens is 2. The molecule has 0 aliphatic carbocycles. The summed E-state index contributed by atoms with van der Waals surface area (Å²) in [5.74, 6) is 1.69. The van der Waals surface area contributed by atoms with Crippen LogP contribution in [-0.2, 0) is 19.6 Å². The minimum Gasteiger partial charge on any atom is -0.497 e. The molecule has 0 N–H and O–H groups in total. The summed E-state index contributed by atoms with van der Waals surface area (Å²) in [5, 5.41) is 0. The van der Waals surface area contributed by atoms with E-state index >= 15 is 0 Å². The highest BCUT2D eigenvalue weighted by molar-refractivity contribution is 5.31. The van der Waals surface area contributed by atoms with Crippen LogP contribution >= 0.6 is 0 Å². The second kappa shape index (κ2) is 5.34. The van der Waals surface area contributed by atoms with Crippen LogP contribution in [0.2, 0.25) is 0 Å². The molecule has 0 unspecified atom stereocenters. The first-order valence-electron chi connectivity index (χ1n) is 6.66. The lowest BCUT2D eigenvalue weighted by Crippen LogP contribution is -2.11. The van der Waals surface area contributed by atoms with Crippen molar-refractivity contribution < 1.29 is 9.47 Å². The Morgan fingerprint density at radius 1 is 1.16 bits per heavy atom. The molecule has 0 radical (unpaired) electrons. The molecule has 1 aromatic carbocycles. The second-order valence-electron chi connectivity index (χ2n) is 4.75. The van der Waals surface area contributed by atoms with E-state index in [9.17, 15) is 0 Å². The van der Waals surface area contributed by atoms with E-state index in [4.69, 9.17) is 9.47 Å². The van der Waals surface area contributed by atoms with E-state index < -0.39 is 0 Å². The number of ether oxygens (including phenoxy) is 2. The first-order chi connectivity index (χ1) is 9.36. The number of fused-ring (bicyclic) bond motifs is 1. The zero-order valence-corrected chi connectivity index (χ0v) is 11.1. The van der Waals surface area contributed by atoms with Crippen LogP contribution < -0.4 is 9.47 Å². The molecule has 0 fully saturated rings. The fourth-order valence-electron chi connectivity index (χ4n) is 2.45. The van der Waals surface area contributed by atoms with E-state index in [1.807, 2.05) is 30.6 Å². The topological polar surface area (TPSA) is 36.3 Å². The molecule has 100 valence electrons. The van der Waals surface area contributed by atoms with Gasteiger partial charge in [-0.1, -0.05) is 0 Å². The highest BCUT2D eigenvalue weighted by Crippen LogP contribution is 2.21. The van der Waals surface area contributed by atoms with Crippen LogP contribution in [0.15, 0.2) is 30.6 Å². The maximum absolute atomic E-state index is 5.78. The van der Waals surface area contributed by atoms with Gasteiger partial charge in [-0.05, 0) is 43.5 Å². The normalized spacial score (nSPS) is 13.9. The van der Waals surface area contributed by atoms with Crippen molar-refractivity contribution in [2.45, 2.75) is 32.4 Å². The van der Waals surface area contributed by atoms with Gasteiger partial charge in [0.15, 0.2) is 0 Å². The van der Waals surface area contributed by atoms with Gasteiger partial charge in [-0.25, -0.2) is 4.98 Å². The average Bonchev–Trinajstić information content (AvgIpc) is 2.89. The second-order valence-corrected chi connectivity index (χ2v) is 4.75. The monoisotopic (exact) mass is 258 g/mol. The van der Waals surface area contributed by atoms with Crippen LogP contribution in [0.5, 0.6) is 11.5 Å². The highest BCUT2D eigenvalue weighted by Gasteiger charge is 2.14. The maximum Gasteiger partial charge on any atom is 0.132 e. The molecule has 0 saturated heterocycles. The number of rotatable bonds is 4. The standard InChI is InChI=1S/C15H18N2O2/c1-18-12-5-7-13(8-6-12)19-10-14-15-4-2-3-9-17(15)11-16-14/h5-8,11H,2-4,9-10H2,1H3. The molecule has 0 spiro atoms. The minimum absolute atomic E-state index is 0.536. The Hall–Kier alpha value is -1.97. The molecule has 3 rings (SSSR count). The largest absolute Gasteiger partial charge is 0.497 e. The van der Waals surface area contributed by atoms with E-state index in [0.717, 1.165) is 30.2 Å². The molecule has 2 aromatic rings. The fraction of sp³-hybridized carbons (Fsp3) is 0.400. The van der Waals surface area contributed by atoms with Gasteiger partial charge in [0, 0.05) is 12.2 Å². The molecule has 1 aromatic heterocycles. The summed E-state index contributed by atoms with van der Waals surface area (Å²) in [6, 6.07) is 7.64. The molecular formula is C15H18N2O2. The van der Waals surface area contributed by atoms with Crippen molar-refractivity contribution in [1.29, 1.82) is 0 Å². The third-order valence-electron chi connectivity index (χ3n) is 3.53. The van der Waals surface area contributed by atoms with Crippen LogP contribution in [0.1, 0.15) is 24.2 Å². The molecule has 0 bridgehead atoms. The molecule has 1 aliphatic rings. The van der Waals surface area contributed by atoms with Gasteiger partial charge in [0.05, 0.1) is 19.1 Å². The Bertz CT molecular complexity index is 546. The number of hydrogen-bond acceptors (Lipinski definition) is 3. The molecule has 0 amide bonds. The Morgan fingerprint density at radius 2 is 1.95 bits per heavy atom. The van der Waals surface area contributed by atoms with Crippen molar-refractivity contribution in [3.63, 3.8) is 0 Å². The molecule has 2 heterocycles. The van der Waals surface area contributed by atoms with Gasteiger partial charge in [-0.2, -0.15) is 0 Å². The first-order valence-corrected chi connectivity index (χ1v) is 6.66. The Kier molecular flexibility index (Phi) is 3.40. The number of aryl methyl sites for hydroxylation is 1. The van der Waals surface area contributed by atoms with Crippen LogP contribution in [0, 0.1) is 0 Å². The van der Waals surface area contributed by atoms with Crippen LogP contribution in [0.3, 0.4) is 0 Å². The van der Waals surface area contributed by atoms with Crippen molar-refractivity contribution in [3.8, 4) is 11.5 Å². The highest BCUT2D eigenvalue weighted by atomic mass is 16.5. The van der Waals surface area contributed by atoms with Crippen molar-refractivity contribution >= 4 is 0 Å². The Morgan fingerprint density at radius 3 is 2.74 bits per heavy atom. The summed E-state index contributed by atoms with van der Waals surface area (Å²) < 4.78 is 13.2. The summed E-state index contributed by atoms with van der Waals surface area (Å²) in [6.07, 6.45) is 5.55. The number of nitrogens with zero attached hydrogens (tertiary/aromatic N) is 2. The minimum atomic E-state index is 0.536. The third-order valence-corrected chi connectivity index (χ3v) is 3.53. The van der Waals surface area contributed by atoms with E-state index in [2.05, 4.69) is 9.55 Å². The van der Waals surface area contributed by atoms with Crippen molar-refractivity contribution in [2.24, 2.45) is 0 Å².